The number of amides is 2. The number of nitrogens with one attached hydrogen (secondary N) is 1. The summed E-state index contributed by atoms with van der Waals surface area (Å²) in [6.45, 7) is 7.52. The fourth-order valence-corrected chi connectivity index (χ4v) is 5.17. The molecule has 1 N–H and O–H groups in total. The van der Waals surface area contributed by atoms with Gasteiger partial charge in [-0.15, -0.1) is 0 Å². The number of nitrogens with zero attached hydrogens (tertiary/aromatic N) is 2. The quantitative estimate of drug-likeness (QED) is 0.471. The Morgan fingerprint density at radius 3 is 2.26 bits per heavy atom. The van der Waals surface area contributed by atoms with E-state index in [2.05, 4.69) is 5.32 Å². The highest BCUT2D eigenvalue weighted by Gasteiger charge is 2.33. The number of sulfonamides is 1. The third-order valence-electron chi connectivity index (χ3n) is 5.71. The van der Waals surface area contributed by atoms with Crippen LogP contribution in [0.25, 0.3) is 0 Å². The van der Waals surface area contributed by atoms with Gasteiger partial charge in [-0.25, -0.2) is 8.42 Å². The SMILES string of the molecule is CC[C@H](C(=O)NC(C)(C)C)N(Cc1ccc(Cl)c(Cl)c1)C(=O)CN(c1ccc2c(c1)OCCO2)S(C)(=O)=O. The van der Waals surface area contributed by atoms with Crippen LogP contribution in [0.2, 0.25) is 10.0 Å². The largest absolute Gasteiger partial charge is 0.486 e. The summed E-state index contributed by atoms with van der Waals surface area (Å²) < 4.78 is 37.8. The molecular weight excluding hydrogens is 553 g/mol. The number of anilines is 1. The molecule has 1 atom stereocenters. The standard InChI is InChI=1S/C26H33Cl2N3O6S/c1-6-21(25(33)29-26(2,3)4)30(15-17-7-9-19(27)20(28)13-17)24(32)16-31(38(5,34)35)18-8-10-22-23(14-18)37-12-11-36-22/h7-10,13-14,21H,6,11-12,15-16H2,1-5H3,(H,29,33)/t21-/m1/s1. The van der Waals surface area contributed by atoms with Gasteiger partial charge in [-0.05, 0) is 57.0 Å². The lowest BCUT2D eigenvalue weighted by atomic mass is 10.1. The Labute approximate surface area is 234 Å². The van der Waals surface area contributed by atoms with Gasteiger partial charge >= 0.3 is 0 Å². The number of hydrogen-bond acceptors (Lipinski definition) is 6. The highest BCUT2D eigenvalue weighted by atomic mass is 35.5. The third-order valence-corrected chi connectivity index (χ3v) is 7.59. The van der Waals surface area contributed by atoms with E-state index in [4.69, 9.17) is 32.7 Å². The van der Waals surface area contributed by atoms with E-state index < -0.39 is 34.1 Å². The van der Waals surface area contributed by atoms with Crippen molar-refractivity contribution in [3.05, 3.63) is 52.0 Å². The second kappa shape index (κ2) is 12.0. The smallest absolute Gasteiger partial charge is 0.244 e. The summed E-state index contributed by atoms with van der Waals surface area (Å²) in [4.78, 5) is 28.4. The topological polar surface area (TPSA) is 105 Å². The van der Waals surface area contributed by atoms with E-state index in [1.54, 1.807) is 37.3 Å². The number of fused-ring (bicyclic) bond motifs is 1. The minimum atomic E-state index is -3.89. The molecule has 2 aromatic carbocycles. The normalized spacial score (nSPS) is 14.0. The minimum absolute atomic E-state index is 0.0184. The number of ether oxygens (including phenoxy) is 2. The van der Waals surface area contributed by atoms with Gasteiger partial charge < -0.3 is 19.7 Å². The van der Waals surface area contributed by atoms with E-state index in [-0.39, 0.29) is 18.1 Å². The zero-order valence-electron chi connectivity index (χ0n) is 22.1. The summed E-state index contributed by atoms with van der Waals surface area (Å²) >= 11 is 12.3. The second-order valence-corrected chi connectivity index (χ2v) is 12.8. The molecule has 12 heteroatoms. The van der Waals surface area contributed by atoms with E-state index in [1.807, 2.05) is 20.8 Å². The average molecular weight is 587 g/mol. The lowest BCUT2D eigenvalue weighted by Gasteiger charge is -2.34. The molecule has 208 valence electrons. The van der Waals surface area contributed by atoms with Crippen molar-refractivity contribution in [2.45, 2.75) is 52.2 Å². The molecule has 38 heavy (non-hydrogen) atoms. The Balaban J connectivity index is 1.98. The predicted octanol–water partition coefficient (Wildman–Crippen LogP) is 4.25. The first-order valence-corrected chi connectivity index (χ1v) is 14.7. The van der Waals surface area contributed by atoms with E-state index in [9.17, 15) is 18.0 Å². The van der Waals surface area contributed by atoms with Crippen molar-refractivity contribution in [3.8, 4) is 11.5 Å². The molecule has 1 aliphatic rings. The summed E-state index contributed by atoms with van der Waals surface area (Å²) in [6, 6.07) is 8.75. The number of rotatable bonds is 9. The molecule has 1 aliphatic heterocycles. The Kier molecular flexibility index (Phi) is 9.43. The zero-order chi connectivity index (χ0) is 28.3. The summed E-state index contributed by atoms with van der Waals surface area (Å²) in [7, 11) is -3.89. The number of carbonyl (C=O) groups is 2. The highest BCUT2D eigenvalue weighted by Crippen LogP contribution is 2.35. The van der Waals surface area contributed by atoms with Crippen LogP contribution in [-0.2, 0) is 26.2 Å². The van der Waals surface area contributed by atoms with Gasteiger partial charge in [0.05, 0.1) is 22.0 Å². The van der Waals surface area contributed by atoms with Crippen LogP contribution in [0.5, 0.6) is 11.5 Å². The van der Waals surface area contributed by atoms with Crippen molar-refractivity contribution >= 4 is 50.7 Å². The summed E-state index contributed by atoms with van der Waals surface area (Å²) in [5, 5.41) is 3.58. The maximum absolute atomic E-state index is 13.8. The fraction of sp³-hybridized carbons (Fsp3) is 0.462. The lowest BCUT2D eigenvalue weighted by molar-refractivity contribution is -0.141. The van der Waals surface area contributed by atoms with Crippen molar-refractivity contribution in [3.63, 3.8) is 0 Å². The molecule has 0 fully saturated rings. The molecule has 2 aromatic rings. The lowest BCUT2D eigenvalue weighted by Crippen LogP contribution is -2.55. The zero-order valence-corrected chi connectivity index (χ0v) is 24.4. The van der Waals surface area contributed by atoms with Crippen LogP contribution in [-0.4, -0.2) is 62.7 Å². The molecule has 9 nitrogen and oxygen atoms in total. The molecule has 0 bridgehead atoms. The monoisotopic (exact) mass is 585 g/mol. The third kappa shape index (κ3) is 7.68. The van der Waals surface area contributed by atoms with Crippen molar-refractivity contribution in [1.29, 1.82) is 0 Å². The van der Waals surface area contributed by atoms with E-state index in [1.165, 1.54) is 11.0 Å². The van der Waals surface area contributed by atoms with Crippen molar-refractivity contribution < 1.29 is 27.5 Å². The first-order chi connectivity index (χ1) is 17.7. The van der Waals surface area contributed by atoms with E-state index in [0.29, 0.717) is 46.7 Å². The number of halogens is 2. The van der Waals surface area contributed by atoms with Crippen LogP contribution in [0.15, 0.2) is 36.4 Å². The molecule has 0 saturated carbocycles. The molecule has 1 heterocycles. The Hall–Kier alpha value is -2.69. The second-order valence-electron chi connectivity index (χ2n) is 10.0. The Morgan fingerprint density at radius 2 is 1.68 bits per heavy atom. The predicted molar refractivity (Wildman–Crippen MR) is 149 cm³/mol. The number of carbonyl (C=O) groups excluding carboxylic acids is 2. The van der Waals surface area contributed by atoms with Crippen molar-refractivity contribution in [1.82, 2.24) is 10.2 Å². The fourth-order valence-electron chi connectivity index (χ4n) is 4.01. The van der Waals surface area contributed by atoms with E-state index in [0.717, 1.165) is 10.6 Å². The molecule has 0 aliphatic carbocycles. The van der Waals surface area contributed by atoms with Gasteiger partial charge in [-0.3, -0.25) is 13.9 Å². The molecular formula is C26H33Cl2N3O6S. The molecule has 2 amide bonds. The van der Waals surface area contributed by atoms with Gasteiger partial charge in [0.1, 0.15) is 25.8 Å². The van der Waals surface area contributed by atoms with Crippen LogP contribution >= 0.6 is 23.2 Å². The number of benzene rings is 2. The minimum Gasteiger partial charge on any atom is -0.486 e. The van der Waals surface area contributed by atoms with Gasteiger partial charge in [0, 0.05) is 18.2 Å². The molecule has 0 unspecified atom stereocenters. The highest BCUT2D eigenvalue weighted by molar-refractivity contribution is 7.92. The van der Waals surface area contributed by atoms with Crippen LogP contribution in [0.3, 0.4) is 0 Å². The Morgan fingerprint density at radius 1 is 1.03 bits per heavy atom. The summed E-state index contributed by atoms with van der Waals surface area (Å²) in [6.07, 6.45) is 1.32. The molecule has 0 saturated heterocycles. The molecule has 3 rings (SSSR count). The first-order valence-electron chi connectivity index (χ1n) is 12.1. The Bertz CT molecular complexity index is 1300. The summed E-state index contributed by atoms with van der Waals surface area (Å²) in [5.41, 5.74) is 0.346. The van der Waals surface area contributed by atoms with Crippen LogP contribution in [0.1, 0.15) is 39.7 Å². The van der Waals surface area contributed by atoms with Crippen LogP contribution < -0.4 is 19.1 Å². The van der Waals surface area contributed by atoms with Crippen molar-refractivity contribution in [2.75, 3.05) is 30.3 Å². The van der Waals surface area contributed by atoms with Gasteiger partial charge in [-0.2, -0.15) is 0 Å². The van der Waals surface area contributed by atoms with Gasteiger partial charge in [0.2, 0.25) is 21.8 Å². The van der Waals surface area contributed by atoms with Gasteiger partial charge in [-0.1, -0.05) is 36.2 Å². The van der Waals surface area contributed by atoms with E-state index >= 15 is 0 Å². The maximum atomic E-state index is 13.8. The van der Waals surface area contributed by atoms with Crippen LogP contribution in [0.4, 0.5) is 5.69 Å². The van der Waals surface area contributed by atoms with Gasteiger partial charge in [0.15, 0.2) is 11.5 Å². The summed E-state index contributed by atoms with van der Waals surface area (Å²) in [5.74, 6) is -0.0321. The molecule has 0 aromatic heterocycles. The van der Waals surface area contributed by atoms with Crippen LogP contribution in [0, 0.1) is 0 Å². The van der Waals surface area contributed by atoms with Crippen molar-refractivity contribution in [2.24, 2.45) is 0 Å². The van der Waals surface area contributed by atoms with Gasteiger partial charge in [0.25, 0.3) is 0 Å². The first kappa shape index (κ1) is 29.9. The average Bonchev–Trinajstić information content (AvgIpc) is 2.82. The maximum Gasteiger partial charge on any atom is 0.244 e. The number of hydrogen-bond donors (Lipinski definition) is 1. The molecule has 0 radical (unpaired) electrons. The molecule has 0 spiro atoms.